The molecule has 0 saturated heterocycles. The van der Waals surface area contributed by atoms with Crippen molar-refractivity contribution in [1.82, 2.24) is 77.4 Å². The molecule has 16 heterocycles. The van der Waals surface area contributed by atoms with E-state index < -0.39 is 0 Å². The van der Waals surface area contributed by atoms with Crippen LogP contribution >= 0.6 is 0 Å². The van der Waals surface area contributed by atoms with Crippen LogP contribution in [0.1, 0.15) is 89.0 Å². The molecule has 648 valence electrons. The molecule has 12 aromatic carbocycles. The van der Waals surface area contributed by atoms with Gasteiger partial charge < -0.3 is 0 Å². The topological polar surface area (TPSA) is 172 Å². The third-order valence-electron chi connectivity index (χ3n) is 31.6. The Morgan fingerprint density at radius 3 is 0.879 bits per heavy atom. The van der Waals surface area contributed by atoms with Crippen molar-refractivity contribution in [3.8, 4) is 89.0 Å². The molecular weight excluding hydrogens is 1710 g/mol. The number of fused-ring (bicyclic) bond motifs is 60. The highest BCUT2D eigenvalue weighted by molar-refractivity contribution is 6.19. The maximum atomic E-state index is 5.16. The van der Waals surface area contributed by atoms with Gasteiger partial charge >= 0.3 is 0 Å². The lowest BCUT2D eigenvalue weighted by Gasteiger charge is -2.11. The third kappa shape index (κ3) is 10.3. The van der Waals surface area contributed by atoms with Gasteiger partial charge in [-0.25, -0.2) is 19.9 Å². The van der Waals surface area contributed by atoms with E-state index in [0.29, 0.717) is 0 Å². The van der Waals surface area contributed by atoms with Crippen LogP contribution in [0.15, 0.2) is 341 Å². The van der Waals surface area contributed by atoms with E-state index in [4.69, 9.17) is 44.9 Å². The highest BCUT2D eigenvalue weighted by atomic mass is 15.1. The van der Waals surface area contributed by atoms with Crippen LogP contribution in [-0.4, -0.2) is 77.4 Å². The van der Waals surface area contributed by atoms with Crippen LogP contribution in [0.2, 0.25) is 0 Å². The van der Waals surface area contributed by atoms with Gasteiger partial charge in [0.1, 0.15) is 33.5 Å². The Labute approximate surface area is 796 Å². The third-order valence-corrected chi connectivity index (χ3v) is 31.6. The summed E-state index contributed by atoms with van der Waals surface area (Å²) in [6, 6.07) is 101. The summed E-state index contributed by atoms with van der Waals surface area (Å²) in [4.78, 5) is 57.9. The fourth-order valence-corrected chi connectivity index (χ4v) is 25.8. The van der Waals surface area contributed by atoms with Crippen LogP contribution in [0.4, 0.5) is 0 Å². The van der Waals surface area contributed by atoms with E-state index in [-0.39, 0.29) is 0 Å². The largest absolute Gasteiger partial charge is 0.289 e. The molecule has 0 amide bonds. The molecule has 0 radical (unpaired) electrons. The monoisotopic (exact) mass is 1780 g/mol. The quantitative estimate of drug-likeness (QED) is 0.132. The van der Waals surface area contributed by atoms with Gasteiger partial charge in [0.05, 0.1) is 82.8 Å². The minimum atomic E-state index is 0.893. The SMILES string of the molecule is c1ccc2c(c1)Cc1cc3c(cc1-2)-c1c(ccc2nc4c5cccnc5c5ncccc5n4c12)C3.c1ccc2c(c1)Cc1cc3c(cc1-2)-c1c(ccc2nc4c5ccncc5c5ncccc5n4c12)C3.c1ccc2c(c1)Cc1cc3c(cc1-2)-c1c(ccc2nc4c5cnccc5c5ncccc5n4c12)C3.c1ccc2c(c1)Cc1cc3c(cc1-2)-c1c(ccc2nc4c5ncccc5c5ncccc5n4c12)C3. The first kappa shape index (κ1) is 75.1. The van der Waals surface area contributed by atoms with Gasteiger partial charge in [-0.2, -0.15) is 0 Å². The molecule has 28 aromatic rings. The molecule has 0 N–H and O–H groups in total. The van der Waals surface area contributed by atoms with E-state index >= 15 is 0 Å². The summed E-state index contributed by atoms with van der Waals surface area (Å²) >= 11 is 0. The highest BCUT2D eigenvalue weighted by Gasteiger charge is 2.36. The van der Waals surface area contributed by atoms with E-state index in [1.54, 1.807) is 0 Å². The number of aromatic nitrogens is 16. The van der Waals surface area contributed by atoms with Gasteiger partial charge in [-0.15, -0.1) is 0 Å². The molecule has 8 aliphatic rings. The van der Waals surface area contributed by atoms with Gasteiger partial charge in [0.2, 0.25) is 0 Å². The lowest BCUT2D eigenvalue weighted by Crippen LogP contribution is -1.95. The molecule has 140 heavy (non-hydrogen) atoms. The van der Waals surface area contributed by atoms with Crippen molar-refractivity contribution in [2.24, 2.45) is 0 Å². The molecular formula is C124H72N16. The molecule has 16 aromatic heterocycles. The summed E-state index contributed by atoms with van der Waals surface area (Å²) in [5, 5.41) is 6.31. The van der Waals surface area contributed by atoms with Crippen molar-refractivity contribution in [2.45, 2.75) is 51.4 Å². The van der Waals surface area contributed by atoms with E-state index in [9.17, 15) is 0 Å². The second kappa shape index (κ2) is 27.7. The van der Waals surface area contributed by atoms with E-state index in [1.807, 2.05) is 104 Å². The van der Waals surface area contributed by atoms with Crippen LogP contribution in [0.25, 0.3) is 243 Å². The maximum absolute atomic E-state index is 5.16. The first-order chi connectivity index (χ1) is 69.4. The smallest absolute Gasteiger partial charge is 0.165 e. The number of hydrogen-bond donors (Lipinski definition) is 0. The number of benzene rings is 12. The average Bonchev–Trinajstić information content (AvgIpc) is 1.55. The summed E-state index contributed by atoms with van der Waals surface area (Å²) in [5.74, 6) is 0. The standard InChI is InChI=1S/4C31H18N4/c1-2-6-21-17(5-1)13-19-15-20-14-18-9-10-25-30(27(18)24(20)16-23(19)21)35-26-8-4-12-33-29(26)28-22(31(35)34-25)7-3-11-32-28;1-2-6-21-17(5-1)13-19-15-20-14-18-9-10-25-30(27(18)24(20)16-23(19)21)35-26-8-4-12-32-28(26)22-7-3-11-33-29(22)31(35)34-25;1-2-5-21-17(4-1)12-19-14-20-13-18-7-8-26-30(28(18)24(20)15-23(19)21)35-27-6-3-10-33-29(27)25-16-32-11-9-22(25)31(35)34-26;1-2-5-21-17(4-1)12-19-14-20-13-18-7-8-26-30(28(18)24(20)15-23(19)21)35-27-6-3-10-33-29(27)22-9-11-32-16-25(22)31(35)34-26/h2*1-12,15-16H,13-14H2;2*1-11,14-16H,12-13H2. The summed E-state index contributed by atoms with van der Waals surface area (Å²) in [7, 11) is 0. The molecule has 36 rings (SSSR count). The normalized spacial score (nSPS) is 13.5. The number of rotatable bonds is 0. The Bertz CT molecular complexity index is 9460. The van der Waals surface area contributed by atoms with Crippen molar-refractivity contribution in [2.75, 3.05) is 0 Å². The van der Waals surface area contributed by atoms with Crippen molar-refractivity contribution in [1.29, 1.82) is 0 Å². The Kier molecular flexibility index (Phi) is 14.9. The van der Waals surface area contributed by atoms with Gasteiger partial charge in [0.25, 0.3) is 0 Å². The molecule has 0 atom stereocenters. The predicted molar refractivity (Wildman–Crippen MR) is 559 cm³/mol. The van der Waals surface area contributed by atoms with Crippen molar-refractivity contribution in [3.05, 3.63) is 430 Å². The predicted octanol–water partition coefficient (Wildman–Crippen LogP) is 26.9. The van der Waals surface area contributed by atoms with Crippen molar-refractivity contribution >= 4 is 154 Å². The molecule has 8 aliphatic carbocycles. The summed E-state index contributed by atoms with van der Waals surface area (Å²) in [6.07, 6.45) is 26.6. The average molecular weight is 1790 g/mol. The summed E-state index contributed by atoms with van der Waals surface area (Å²) in [5.41, 5.74) is 66.5. The Morgan fingerprint density at radius 2 is 0.464 bits per heavy atom. The Balaban J connectivity index is 0.0000000829. The lowest BCUT2D eigenvalue weighted by molar-refractivity contribution is 1.21. The molecule has 0 unspecified atom stereocenters. The zero-order valence-corrected chi connectivity index (χ0v) is 75.1. The minimum Gasteiger partial charge on any atom is -0.289 e. The van der Waals surface area contributed by atoms with Crippen molar-refractivity contribution in [3.63, 3.8) is 0 Å². The highest BCUT2D eigenvalue weighted by Crippen LogP contribution is 2.55. The second-order valence-corrected chi connectivity index (χ2v) is 38.8. The first-order valence-corrected chi connectivity index (χ1v) is 48.2. The molecule has 16 nitrogen and oxygen atoms in total. The Hall–Kier alpha value is -18.3. The molecule has 0 fully saturated rings. The maximum Gasteiger partial charge on any atom is 0.165 e. The molecule has 0 saturated carbocycles. The van der Waals surface area contributed by atoms with Gasteiger partial charge in [0, 0.05) is 117 Å². The Morgan fingerprint density at radius 1 is 0.171 bits per heavy atom. The summed E-state index contributed by atoms with van der Waals surface area (Å²) in [6.45, 7) is 0. The van der Waals surface area contributed by atoms with Gasteiger partial charge in [-0.3, -0.25) is 57.5 Å². The zero-order chi connectivity index (χ0) is 90.7. The first-order valence-electron chi connectivity index (χ1n) is 48.2. The molecule has 0 bridgehead atoms. The fourth-order valence-electron chi connectivity index (χ4n) is 25.8. The van der Waals surface area contributed by atoms with Crippen LogP contribution in [0.5, 0.6) is 0 Å². The van der Waals surface area contributed by atoms with Crippen LogP contribution in [0, 0.1) is 0 Å². The number of imidazole rings is 4. The lowest BCUT2D eigenvalue weighted by atomic mass is 9.97. The summed E-state index contributed by atoms with van der Waals surface area (Å²) < 4.78 is 9.25. The van der Waals surface area contributed by atoms with E-state index in [0.717, 1.165) is 189 Å². The fraction of sp³-hybridized carbons (Fsp3) is 0.0645. The molecule has 16 heteroatoms. The number of nitrogens with zero attached hydrogens (tertiary/aromatic N) is 16. The molecule has 0 aliphatic heterocycles. The van der Waals surface area contributed by atoms with Gasteiger partial charge in [0.15, 0.2) is 5.65 Å². The second-order valence-electron chi connectivity index (χ2n) is 38.8. The number of pyridine rings is 12. The van der Waals surface area contributed by atoms with Crippen LogP contribution < -0.4 is 0 Å². The van der Waals surface area contributed by atoms with Crippen LogP contribution in [-0.2, 0) is 51.4 Å². The zero-order valence-electron chi connectivity index (χ0n) is 75.1. The van der Waals surface area contributed by atoms with E-state index in [2.05, 4.69) is 269 Å². The molecule has 0 spiro atoms. The number of hydrogen-bond acceptors (Lipinski definition) is 12. The van der Waals surface area contributed by atoms with Crippen molar-refractivity contribution < 1.29 is 0 Å². The minimum absolute atomic E-state index is 0.893. The van der Waals surface area contributed by atoms with E-state index in [1.165, 1.54) is 195 Å². The van der Waals surface area contributed by atoms with Gasteiger partial charge in [-0.1, -0.05) is 146 Å². The van der Waals surface area contributed by atoms with Gasteiger partial charge in [-0.05, 0) is 341 Å². The van der Waals surface area contributed by atoms with Crippen LogP contribution in [0.3, 0.4) is 0 Å².